The lowest BCUT2D eigenvalue weighted by Gasteiger charge is -2.33. The van der Waals surface area contributed by atoms with Crippen molar-refractivity contribution in [2.75, 3.05) is 0 Å². The average Bonchev–Trinajstić information content (AvgIpc) is 2.95. The van der Waals surface area contributed by atoms with Gasteiger partial charge in [-0.3, -0.25) is 4.98 Å². The Morgan fingerprint density at radius 2 is 1.50 bits per heavy atom. The van der Waals surface area contributed by atoms with Crippen LogP contribution in [0.3, 0.4) is 0 Å². The van der Waals surface area contributed by atoms with Crippen LogP contribution in [-0.2, 0) is 6.42 Å². The molecule has 1 aliphatic carbocycles. The van der Waals surface area contributed by atoms with Gasteiger partial charge in [0.05, 0.1) is 0 Å². The van der Waals surface area contributed by atoms with Crippen LogP contribution in [0.25, 0.3) is 11.1 Å². The Kier molecular flexibility index (Phi) is 5.69. The third-order valence-corrected chi connectivity index (χ3v) is 8.03. The van der Waals surface area contributed by atoms with Gasteiger partial charge in [-0.2, -0.15) is 0 Å². The number of benzene rings is 3. The largest absolute Gasteiger partial charge is 0.458 e. The Hall–Kier alpha value is -4.05. The minimum atomic E-state index is 0.114. The fourth-order valence-corrected chi connectivity index (χ4v) is 6.07. The summed E-state index contributed by atoms with van der Waals surface area (Å²) in [6, 6.07) is 21.9. The highest BCUT2D eigenvalue weighted by molar-refractivity contribution is 6.98. The molecule has 0 unspecified atom stereocenters. The summed E-state index contributed by atoms with van der Waals surface area (Å²) in [5.41, 5.74) is 11.2. The van der Waals surface area contributed by atoms with Crippen LogP contribution in [0.4, 0.5) is 0 Å². The van der Waals surface area contributed by atoms with Gasteiger partial charge in [-0.1, -0.05) is 55.8 Å². The minimum Gasteiger partial charge on any atom is -0.458 e. The first kappa shape index (κ1) is 23.1. The number of fused-ring (bicyclic) bond motifs is 4. The van der Waals surface area contributed by atoms with Crippen LogP contribution in [0.1, 0.15) is 54.9 Å². The number of nitrogens with zero attached hydrogens (tertiary/aromatic N) is 1. The molecule has 0 amide bonds. The summed E-state index contributed by atoms with van der Waals surface area (Å²) in [6.07, 6.45) is 13.8. The number of allylic oxidation sites excluding steroid dienone is 4. The molecule has 38 heavy (non-hydrogen) atoms. The topological polar surface area (TPSA) is 31.4 Å². The molecule has 0 saturated carbocycles. The van der Waals surface area contributed by atoms with Crippen molar-refractivity contribution in [3.8, 4) is 23.0 Å². The van der Waals surface area contributed by atoms with E-state index in [1.165, 1.54) is 44.3 Å². The molecule has 3 heterocycles. The molecule has 0 radical (unpaired) electrons. The smallest absolute Gasteiger partial charge is 0.260 e. The molecule has 3 aromatic carbocycles. The second-order valence-electron chi connectivity index (χ2n) is 10.7. The van der Waals surface area contributed by atoms with Crippen LogP contribution in [0, 0.1) is 6.92 Å². The van der Waals surface area contributed by atoms with Gasteiger partial charge in [0.1, 0.15) is 23.0 Å². The van der Waals surface area contributed by atoms with Crippen molar-refractivity contribution < 1.29 is 9.47 Å². The third-order valence-electron chi connectivity index (χ3n) is 8.03. The van der Waals surface area contributed by atoms with Crippen molar-refractivity contribution in [2.24, 2.45) is 0 Å². The fourth-order valence-electron chi connectivity index (χ4n) is 6.07. The first-order valence-corrected chi connectivity index (χ1v) is 13.8. The molecule has 0 saturated heterocycles. The van der Waals surface area contributed by atoms with Gasteiger partial charge in [-0.25, -0.2) is 0 Å². The molecule has 0 atom stereocenters. The van der Waals surface area contributed by atoms with E-state index in [9.17, 15) is 0 Å². The van der Waals surface area contributed by atoms with Crippen molar-refractivity contribution in [2.45, 2.75) is 46.0 Å². The Morgan fingerprint density at radius 1 is 0.763 bits per heavy atom. The maximum atomic E-state index is 6.66. The van der Waals surface area contributed by atoms with Crippen molar-refractivity contribution in [3.63, 3.8) is 0 Å². The van der Waals surface area contributed by atoms with E-state index in [1.54, 1.807) is 0 Å². The van der Waals surface area contributed by atoms with E-state index in [-0.39, 0.29) is 6.71 Å². The van der Waals surface area contributed by atoms with Crippen molar-refractivity contribution in [3.05, 3.63) is 107 Å². The fraction of sp³-hybridized carbons (Fsp3) is 0.206. The normalized spacial score (nSPS) is 14.8. The lowest BCUT2D eigenvalue weighted by Crippen LogP contribution is -2.57. The van der Waals surface area contributed by atoms with Gasteiger partial charge >= 0.3 is 0 Å². The van der Waals surface area contributed by atoms with E-state index < -0.39 is 0 Å². The van der Waals surface area contributed by atoms with Crippen LogP contribution in [0.15, 0.2) is 85.2 Å². The second kappa shape index (κ2) is 9.36. The van der Waals surface area contributed by atoms with Crippen molar-refractivity contribution in [1.82, 2.24) is 4.98 Å². The van der Waals surface area contributed by atoms with Crippen molar-refractivity contribution >= 4 is 34.2 Å². The first-order valence-electron chi connectivity index (χ1n) is 13.8. The number of para-hydroxylation sites is 1. The third kappa shape index (κ3) is 3.96. The minimum absolute atomic E-state index is 0.114. The molecular formula is C34H30BNO2. The molecule has 4 aromatic rings. The Balaban J connectivity index is 1.29. The molecular weight excluding hydrogens is 465 g/mol. The first-order chi connectivity index (χ1) is 18.7. The van der Waals surface area contributed by atoms with E-state index in [1.807, 2.05) is 12.4 Å². The van der Waals surface area contributed by atoms with Crippen LogP contribution in [0.5, 0.6) is 23.0 Å². The van der Waals surface area contributed by atoms with E-state index in [0.717, 1.165) is 60.6 Å². The number of aryl methyl sites for hydroxylation is 2. The van der Waals surface area contributed by atoms with E-state index in [2.05, 4.69) is 91.6 Å². The average molecular weight is 495 g/mol. The van der Waals surface area contributed by atoms with Gasteiger partial charge in [0.2, 0.25) is 0 Å². The summed E-state index contributed by atoms with van der Waals surface area (Å²) in [4.78, 5) is 4.38. The van der Waals surface area contributed by atoms with Crippen LogP contribution in [-0.4, -0.2) is 11.7 Å². The van der Waals surface area contributed by atoms with Crippen LogP contribution in [0.2, 0.25) is 0 Å². The van der Waals surface area contributed by atoms with Gasteiger partial charge in [0, 0.05) is 17.9 Å². The van der Waals surface area contributed by atoms with Crippen LogP contribution >= 0.6 is 0 Å². The highest BCUT2D eigenvalue weighted by atomic mass is 16.5. The van der Waals surface area contributed by atoms with Crippen molar-refractivity contribution in [1.29, 1.82) is 0 Å². The lowest BCUT2D eigenvalue weighted by atomic mass is 9.35. The molecule has 0 N–H and O–H groups in total. The molecule has 0 fully saturated rings. The maximum absolute atomic E-state index is 6.66. The summed E-state index contributed by atoms with van der Waals surface area (Å²) < 4.78 is 13.1. The van der Waals surface area contributed by atoms with E-state index in [4.69, 9.17) is 9.47 Å². The molecule has 3 nitrogen and oxygen atoms in total. The van der Waals surface area contributed by atoms with E-state index >= 15 is 0 Å². The maximum Gasteiger partial charge on any atom is 0.260 e. The number of hydrogen-bond donors (Lipinski definition) is 0. The Morgan fingerprint density at radius 3 is 2.26 bits per heavy atom. The van der Waals surface area contributed by atoms with Crippen LogP contribution < -0.4 is 25.9 Å². The molecule has 0 spiro atoms. The summed E-state index contributed by atoms with van der Waals surface area (Å²) in [5.74, 6) is 3.77. The Bertz CT molecular complexity index is 1630. The second-order valence-corrected chi connectivity index (χ2v) is 10.7. The monoisotopic (exact) mass is 495 g/mol. The quantitative estimate of drug-likeness (QED) is 0.249. The van der Waals surface area contributed by atoms with Gasteiger partial charge in [-0.15, -0.1) is 0 Å². The number of rotatable bonds is 5. The number of unbranched alkanes of at least 4 members (excludes halogenated alkanes) is 1. The highest BCUT2D eigenvalue weighted by Gasteiger charge is 2.40. The van der Waals surface area contributed by atoms with Gasteiger partial charge in [0.25, 0.3) is 6.71 Å². The summed E-state index contributed by atoms with van der Waals surface area (Å²) in [7, 11) is 0. The molecule has 4 heteroatoms. The summed E-state index contributed by atoms with van der Waals surface area (Å²) in [5, 5.41) is 0. The summed E-state index contributed by atoms with van der Waals surface area (Å²) in [6.45, 7) is 4.44. The van der Waals surface area contributed by atoms with Gasteiger partial charge in [-0.05, 0) is 107 Å². The van der Waals surface area contributed by atoms with Gasteiger partial charge in [0.15, 0.2) is 0 Å². The molecule has 186 valence electrons. The zero-order chi connectivity index (χ0) is 25.6. The molecule has 1 aromatic heterocycles. The predicted molar refractivity (Wildman–Crippen MR) is 157 cm³/mol. The highest BCUT2D eigenvalue weighted by Crippen LogP contribution is 2.38. The number of hydrogen-bond acceptors (Lipinski definition) is 3. The molecule has 3 aliphatic rings. The Labute approximate surface area is 224 Å². The number of ether oxygens (including phenoxy) is 2. The van der Waals surface area contributed by atoms with E-state index in [0.29, 0.717) is 0 Å². The zero-order valence-corrected chi connectivity index (χ0v) is 22.0. The standard InChI is InChI=1S/C34H30BNO2/c1-3-4-7-23-17-32-34-33(18-23)38-31-19-26(14-15-29(31)35(34)28-8-5-6-9-30(28)37-32)24-10-12-25(13-11-24)27-16-22(2)20-36-21-27/h5-6,8-10,12,14-21H,3-4,7,11,13H2,1-2H3. The zero-order valence-electron chi connectivity index (χ0n) is 22.0. The lowest BCUT2D eigenvalue weighted by molar-refractivity contribution is 0.463. The molecule has 7 rings (SSSR count). The number of pyridine rings is 1. The van der Waals surface area contributed by atoms with Gasteiger partial charge < -0.3 is 9.47 Å². The summed E-state index contributed by atoms with van der Waals surface area (Å²) >= 11 is 0. The number of aromatic nitrogens is 1. The molecule has 0 bridgehead atoms. The SMILES string of the molecule is CCCCc1cc2c3c(c1)Oc1cc(C4=CC=C(c5cncc(C)c5)CC4)ccc1B3c1ccccc1O2. The molecule has 2 aliphatic heterocycles. The predicted octanol–water partition coefficient (Wildman–Crippen LogP) is 6.72.